The summed E-state index contributed by atoms with van der Waals surface area (Å²) in [6.07, 6.45) is 2.95. The Hall–Kier alpha value is -1.68. The zero-order valence-corrected chi connectivity index (χ0v) is 18.2. The third-order valence-corrected chi connectivity index (χ3v) is 4.78. The number of hydrogen-bond acceptors (Lipinski definition) is 4. The van der Waals surface area contributed by atoms with Crippen LogP contribution in [0.15, 0.2) is 41.4 Å². The van der Waals surface area contributed by atoms with Gasteiger partial charge in [-0.3, -0.25) is 15.1 Å². The van der Waals surface area contributed by atoms with Crippen LogP contribution in [0.3, 0.4) is 0 Å². The van der Waals surface area contributed by atoms with E-state index in [1.54, 1.807) is 30.5 Å². The van der Waals surface area contributed by atoms with E-state index >= 15 is 0 Å². The van der Waals surface area contributed by atoms with Gasteiger partial charge in [0.1, 0.15) is 0 Å². The van der Waals surface area contributed by atoms with Crippen LogP contribution in [-0.4, -0.2) is 24.5 Å². The summed E-state index contributed by atoms with van der Waals surface area (Å²) in [5, 5.41) is 17.3. The molecular weight excluding hydrogens is 463 g/mol. The lowest BCUT2D eigenvalue weighted by Crippen LogP contribution is -2.37. The molecule has 1 heterocycles. The molecule has 142 valence electrons. The first-order valence-corrected chi connectivity index (χ1v) is 9.13. The van der Waals surface area contributed by atoms with E-state index in [1.165, 1.54) is 9.75 Å². The minimum atomic E-state index is -0.371. The molecule has 0 amide bonds. The van der Waals surface area contributed by atoms with Crippen molar-refractivity contribution in [2.24, 2.45) is 4.99 Å². The monoisotopic (exact) mass is 488 g/mol. The third-order valence-electron chi connectivity index (χ3n) is 3.78. The van der Waals surface area contributed by atoms with E-state index in [0.717, 1.165) is 43.9 Å². The van der Waals surface area contributed by atoms with Gasteiger partial charge in [-0.1, -0.05) is 12.1 Å². The summed E-state index contributed by atoms with van der Waals surface area (Å²) in [5.74, 6) is 0.807. The highest BCUT2D eigenvalue weighted by Gasteiger charge is 2.04. The zero-order valence-electron chi connectivity index (χ0n) is 15.0. The van der Waals surface area contributed by atoms with Gasteiger partial charge in [0.25, 0.3) is 5.69 Å². The molecule has 0 unspecified atom stereocenters. The molecule has 26 heavy (non-hydrogen) atoms. The van der Waals surface area contributed by atoms with Crippen molar-refractivity contribution in [1.29, 1.82) is 0 Å². The van der Waals surface area contributed by atoms with Gasteiger partial charge >= 0.3 is 0 Å². The van der Waals surface area contributed by atoms with Crippen molar-refractivity contribution in [2.45, 2.75) is 32.7 Å². The van der Waals surface area contributed by atoms with Crippen LogP contribution in [0, 0.1) is 17.0 Å². The van der Waals surface area contributed by atoms with E-state index in [4.69, 9.17) is 0 Å². The highest BCUT2D eigenvalue weighted by atomic mass is 127. The van der Waals surface area contributed by atoms with Crippen molar-refractivity contribution >= 4 is 47.0 Å². The number of nitrogens with zero attached hydrogens (tertiary/aromatic N) is 2. The van der Waals surface area contributed by atoms with Crippen LogP contribution in [0.5, 0.6) is 0 Å². The van der Waals surface area contributed by atoms with Crippen LogP contribution >= 0.6 is 35.3 Å². The number of rotatable bonds is 8. The fraction of sp³-hybridized carbons (Fsp3) is 0.389. The quantitative estimate of drug-likeness (QED) is 0.145. The number of unbranched alkanes of at least 4 members (excludes halogenated alkanes) is 1. The first-order valence-electron chi connectivity index (χ1n) is 8.31. The van der Waals surface area contributed by atoms with Gasteiger partial charge < -0.3 is 10.6 Å². The van der Waals surface area contributed by atoms with E-state index in [2.05, 4.69) is 34.7 Å². The number of aliphatic imine (C=N–C) groups is 1. The number of non-ortho nitro benzene ring substituents is 1. The predicted octanol–water partition coefficient (Wildman–Crippen LogP) is 4.27. The van der Waals surface area contributed by atoms with Gasteiger partial charge in [0.15, 0.2) is 5.96 Å². The van der Waals surface area contributed by atoms with Crippen LogP contribution in [0.2, 0.25) is 0 Å². The third kappa shape index (κ3) is 7.69. The summed E-state index contributed by atoms with van der Waals surface area (Å²) in [4.78, 5) is 17.1. The lowest BCUT2D eigenvalue weighted by atomic mass is 10.1. The number of thiophene rings is 1. The highest BCUT2D eigenvalue weighted by Crippen LogP contribution is 2.14. The molecule has 1 aromatic carbocycles. The van der Waals surface area contributed by atoms with E-state index in [1.807, 2.05) is 12.1 Å². The second-order valence-electron chi connectivity index (χ2n) is 5.75. The van der Waals surface area contributed by atoms with Crippen molar-refractivity contribution in [3.63, 3.8) is 0 Å². The predicted molar refractivity (Wildman–Crippen MR) is 119 cm³/mol. The van der Waals surface area contributed by atoms with Crippen LogP contribution in [0.1, 0.15) is 28.2 Å². The molecule has 2 N–H and O–H groups in total. The van der Waals surface area contributed by atoms with Crippen LogP contribution in [0.4, 0.5) is 5.69 Å². The smallest absolute Gasteiger partial charge is 0.269 e. The van der Waals surface area contributed by atoms with Gasteiger partial charge in [-0.05, 0) is 43.9 Å². The van der Waals surface area contributed by atoms with Crippen molar-refractivity contribution < 1.29 is 4.92 Å². The van der Waals surface area contributed by atoms with Crippen LogP contribution in [-0.2, 0) is 13.0 Å². The summed E-state index contributed by atoms with van der Waals surface area (Å²) in [6.45, 7) is 3.73. The zero-order chi connectivity index (χ0) is 18.1. The Morgan fingerprint density at radius 1 is 1.15 bits per heavy atom. The van der Waals surface area contributed by atoms with E-state index in [-0.39, 0.29) is 34.6 Å². The average molecular weight is 488 g/mol. The molecule has 0 aliphatic heterocycles. The number of nitro benzene ring substituents is 1. The Morgan fingerprint density at radius 2 is 1.88 bits per heavy atom. The Bertz CT molecular complexity index is 716. The molecule has 0 spiro atoms. The lowest BCUT2D eigenvalue weighted by Gasteiger charge is -2.11. The van der Waals surface area contributed by atoms with Crippen molar-refractivity contribution in [1.82, 2.24) is 10.6 Å². The van der Waals surface area contributed by atoms with Gasteiger partial charge in [0.2, 0.25) is 0 Å². The van der Waals surface area contributed by atoms with Crippen LogP contribution < -0.4 is 10.6 Å². The van der Waals surface area contributed by atoms with Gasteiger partial charge in [-0.2, -0.15) is 0 Å². The first-order chi connectivity index (χ1) is 12.1. The van der Waals surface area contributed by atoms with Gasteiger partial charge in [-0.15, -0.1) is 35.3 Å². The molecule has 0 aliphatic carbocycles. The minimum Gasteiger partial charge on any atom is -0.356 e. The van der Waals surface area contributed by atoms with Gasteiger partial charge in [-0.25, -0.2) is 0 Å². The standard InChI is InChI=1S/C18H24N4O2S.HI/c1-14-6-11-17(25-14)13-21-18(19-2)20-12-4-3-5-15-7-9-16(10-8-15)22(23)24;/h6-11H,3-5,12-13H2,1-2H3,(H2,19,20,21);1H. The number of nitro groups is 1. The Kier molecular flexibility index (Phi) is 10.2. The Labute approximate surface area is 175 Å². The van der Waals surface area contributed by atoms with E-state index in [0.29, 0.717) is 0 Å². The number of halogens is 1. The van der Waals surface area contributed by atoms with E-state index < -0.39 is 0 Å². The summed E-state index contributed by atoms with van der Waals surface area (Å²) in [7, 11) is 1.77. The number of hydrogen-bond donors (Lipinski definition) is 2. The molecule has 0 atom stereocenters. The molecule has 2 aromatic rings. The van der Waals surface area contributed by atoms with Crippen LogP contribution in [0.25, 0.3) is 0 Å². The van der Waals surface area contributed by atoms with Gasteiger partial charge in [0, 0.05) is 35.5 Å². The minimum absolute atomic E-state index is 0. The fourth-order valence-corrected chi connectivity index (χ4v) is 3.25. The molecule has 0 radical (unpaired) electrons. The molecule has 8 heteroatoms. The average Bonchev–Trinajstić information content (AvgIpc) is 3.03. The molecular formula is C18H25IN4O2S. The number of guanidine groups is 1. The molecule has 6 nitrogen and oxygen atoms in total. The fourth-order valence-electron chi connectivity index (χ4n) is 2.42. The summed E-state index contributed by atoms with van der Waals surface area (Å²) < 4.78 is 0. The number of nitrogens with one attached hydrogen (secondary N) is 2. The molecule has 2 rings (SSSR count). The Balaban J connectivity index is 0.00000338. The summed E-state index contributed by atoms with van der Waals surface area (Å²) in [6, 6.07) is 11.0. The number of benzene rings is 1. The maximum absolute atomic E-state index is 10.6. The summed E-state index contributed by atoms with van der Waals surface area (Å²) >= 11 is 1.79. The lowest BCUT2D eigenvalue weighted by molar-refractivity contribution is -0.384. The molecule has 0 saturated heterocycles. The molecule has 0 fully saturated rings. The first kappa shape index (κ1) is 22.4. The Morgan fingerprint density at radius 3 is 2.46 bits per heavy atom. The van der Waals surface area contributed by atoms with Crippen molar-refractivity contribution in [2.75, 3.05) is 13.6 Å². The second kappa shape index (κ2) is 11.8. The summed E-state index contributed by atoms with van der Waals surface area (Å²) in [5.41, 5.74) is 1.27. The van der Waals surface area contributed by atoms with E-state index in [9.17, 15) is 10.1 Å². The SMILES string of the molecule is CN=C(NCCCCc1ccc([N+](=O)[O-])cc1)NCc1ccc(C)s1.I. The second-order valence-corrected chi connectivity index (χ2v) is 7.12. The highest BCUT2D eigenvalue weighted by molar-refractivity contribution is 14.0. The molecule has 0 saturated carbocycles. The maximum Gasteiger partial charge on any atom is 0.269 e. The molecule has 0 bridgehead atoms. The number of aryl methyl sites for hydroxylation is 2. The van der Waals surface area contributed by atoms with Crippen molar-refractivity contribution in [3.05, 3.63) is 61.8 Å². The molecule has 0 aliphatic rings. The topological polar surface area (TPSA) is 79.6 Å². The maximum atomic E-state index is 10.6. The molecule has 1 aromatic heterocycles. The normalized spacial score (nSPS) is 10.9. The largest absolute Gasteiger partial charge is 0.356 e. The van der Waals surface area contributed by atoms with Crippen molar-refractivity contribution in [3.8, 4) is 0 Å². The van der Waals surface area contributed by atoms with Gasteiger partial charge in [0.05, 0.1) is 11.5 Å².